The summed E-state index contributed by atoms with van der Waals surface area (Å²) in [6, 6.07) is 0.300. The van der Waals surface area contributed by atoms with Crippen molar-refractivity contribution in [1.82, 2.24) is 20.8 Å². The number of thioether (sulfide) groups is 1. The molecule has 0 saturated carbocycles. The van der Waals surface area contributed by atoms with Crippen LogP contribution in [0, 0.1) is 6.92 Å². The molecule has 0 bridgehead atoms. The van der Waals surface area contributed by atoms with Gasteiger partial charge in [0.05, 0.1) is 0 Å². The van der Waals surface area contributed by atoms with Crippen LogP contribution in [0.15, 0.2) is 4.52 Å². The third-order valence-electron chi connectivity index (χ3n) is 2.66. The first-order valence-electron chi connectivity index (χ1n) is 6.11. The van der Waals surface area contributed by atoms with E-state index in [2.05, 4.69) is 20.8 Å². The first-order valence-corrected chi connectivity index (χ1v) is 7.26. The van der Waals surface area contributed by atoms with Crippen molar-refractivity contribution < 1.29 is 9.32 Å². The zero-order valence-electron chi connectivity index (χ0n) is 10.4. The predicted molar refractivity (Wildman–Crippen MR) is 69.5 cm³/mol. The molecule has 2 heterocycles. The van der Waals surface area contributed by atoms with E-state index in [1.807, 2.05) is 11.8 Å². The third-order valence-corrected chi connectivity index (χ3v) is 3.79. The smallest absolute Gasteiger partial charge is 0.228 e. The van der Waals surface area contributed by atoms with Crippen molar-refractivity contribution in [3.8, 4) is 0 Å². The fraction of sp³-hybridized carbons (Fsp3) is 0.727. The first kappa shape index (κ1) is 13.4. The number of carbonyl (C=O) groups excluding carboxylic acids is 1. The van der Waals surface area contributed by atoms with E-state index in [4.69, 9.17) is 4.52 Å². The lowest BCUT2D eigenvalue weighted by molar-refractivity contribution is -0.121. The molecule has 1 unspecified atom stereocenters. The van der Waals surface area contributed by atoms with E-state index >= 15 is 0 Å². The van der Waals surface area contributed by atoms with E-state index in [-0.39, 0.29) is 5.91 Å². The van der Waals surface area contributed by atoms with Crippen LogP contribution in [-0.4, -0.2) is 46.7 Å². The number of hydrogen-bond donors (Lipinski definition) is 2. The lowest BCUT2D eigenvalue weighted by Crippen LogP contribution is -2.41. The summed E-state index contributed by atoms with van der Waals surface area (Å²) in [5.74, 6) is 3.41. The van der Waals surface area contributed by atoms with Crippen molar-refractivity contribution in [1.29, 1.82) is 0 Å². The van der Waals surface area contributed by atoms with Gasteiger partial charge < -0.3 is 15.2 Å². The molecule has 1 aliphatic rings. The summed E-state index contributed by atoms with van der Waals surface area (Å²) in [5, 5.41) is 9.91. The van der Waals surface area contributed by atoms with Gasteiger partial charge in [-0.15, -0.1) is 0 Å². The standard InChI is InChI=1S/C11H18N4O2S/c1-8-14-11(17-15-8)2-3-13-10(16)6-9-7-18-5-4-12-9/h9,12H,2-7H2,1H3,(H,13,16). The summed E-state index contributed by atoms with van der Waals surface area (Å²) in [6.45, 7) is 3.31. The Bertz CT molecular complexity index is 390. The lowest BCUT2D eigenvalue weighted by atomic mass is 10.2. The summed E-state index contributed by atoms with van der Waals surface area (Å²) >= 11 is 1.89. The number of carbonyl (C=O) groups is 1. The van der Waals surface area contributed by atoms with E-state index in [0.29, 0.717) is 37.1 Å². The second-order valence-corrected chi connectivity index (χ2v) is 5.42. The van der Waals surface area contributed by atoms with E-state index in [1.165, 1.54) is 0 Å². The Balaban J connectivity index is 1.62. The van der Waals surface area contributed by atoms with Gasteiger partial charge in [0.25, 0.3) is 0 Å². The zero-order valence-corrected chi connectivity index (χ0v) is 11.3. The molecule has 1 atom stereocenters. The number of amides is 1. The molecule has 0 spiro atoms. The van der Waals surface area contributed by atoms with Crippen LogP contribution >= 0.6 is 11.8 Å². The molecule has 1 fully saturated rings. The van der Waals surface area contributed by atoms with Crippen LogP contribution in [0.25, 0.3) is 0 Å². The van der Waals surface area contributed by atoms with Gasteiger partial charge >= 0.3 is 0 Å². The monoisotopic (exact) mass is 270 g/mol. The van der Waals surface area contributed by atoms with E-state index in [9.17, 15) is 4.79 Å². The van der Waals surface area contributed by atoms with Gasteiger partial charge in [-0.05, 0) is 6.92 Å². The van der Waals surface area contributed by atoms with Gasteiger partial charge in [0.1, 0.15) is 0 Å². The second-order valence-electron chi connectivity index (χ2n) is 4.27. The van der Waals surface area contributed by atoms with Gasteiger partial charge in [-0.25, -0.2) is 0 Å². The number of aryl methyl sites for hydroxylation is 1. The first-order chi connectivity index (χ1) is 8.74. The highest BCUT2D eigenvalue weighted by Gasteiger charge is 2.16. The normalized spacial score (nSPS) is 19.7. The van der Waals surface area contributed by atoms with Gasteiger partial charge in [0, 0.05) is 43.5 Å². The summed E-state index contributed by atoms with van der Waals surface area (Å²) in [7, 11) is 0. The zero-order chi connectivity index (χ0) is 12.8. The molecule has 1 saturated heterocycles. The molecular weight excluding hydrogens is 252 g/mol. The minimum Gasteiger partial charge on any atom is -0.356 e. The van der Waals surface area contributed by atoms with Crippen molar-refractivity contribution in [2.75, 3.05) is 24.6 Å². The Kier molecular flexibility index (Phi) is 5.00. The molecule has 1 aromatic rings. The van der Waals surface area contributed by atoms with Crippen LogP contribution < -0.4 is 10.6 Å². The Hall–Kier alpha value is -1.08. The van der Waals surface area contributed by atoms with Crippen LogP contribution in [0.1, 0.15) is 18.1 Å². The Morgan fingerprint density at radius 3 is 3.22 bits per heavy atom. The molecule has 1 aliphatic heterocycles. The summed E-state index contributed by atoms with van der Waals surface area (Å²) in [6.07, 6.45) is 1.12. The quantitative estimate of drug-likeness (QED) is 0.792. The summed E-state index contributed by atoms with van der Waals surface area (Å²) in [4.78, 5) is 15.8. The maximum absolute atomic E-state index is 11.7. The molecule has 0 aliphatic carbocycles. The summed E-state index contributed by atoms with van der Waals surface area (Å²) in [5.41, 5.74) is 0. The number of hydrogen-bond acceptors (Lipinski definition) is 6. The molecule has 100 valence electrons. The van der Waals surface area contributed by atoms with E-state index < -0.39 is 0 Å². The van der Waals surface area contributed by atoms with Crippen molar-refractivity contribution in [3.05, 3.63) is 11.7 Å². The molecule has 18 heavy (non-hydrogen) atoms. The molecule has 1 aromatic heterocycles. The lowest BCUT2D eigenvalue weighted by Gasteiger charge is -2.22. The van der Waals surface area contributed by atoms with Crippen molar-refractivity contribution in [2.24, 2.45) is 0 Å². The topological polar surface area (TPSA) is 80.0 Å². The fourth-order valence-electron chi connectivity index (χ4n) is 1.80. The van der Waals surface area contributed by atoms with Crippen molar-refractivity contribution in [2.45, 2.75) is 25.8 Å². The Morgan fingerprint density at radius 2 is 2.56 bits per heavy atom. The number of nitrogens with zero attached hydrogens (tertiary/aromatic N) is 2. The van der Waals surface area contributed by atoms with Gasteiger partial charge in [-0.2, -0.15) is 16.7 Å². The van der Waals surface area contributed by atoms with Crippen LogP contribution in [0.4, 0.5) is 0 Å². The van der Waals surface area contributed by atoms with Crippen molar-refractivity contribution >= 4 is 17.7 Å². The highest BCUT2D eigenvalue weighted by molar-refractivity contribution is 7.99. The summed E-state index contributed by atoms with van der Waals surface area (Å²) < 4.78 is 4.97. The molecule has 0 aromatic carbocycles. The molecule has 1 amide bonds. The predicted octanol–water partition coefficient (Wildman–Crippen LogP) is 0.132. The highest BCUT2D eigenvalue weighted by atomic mass is 32.2. The molecule has 2 N–H and O–H groups in total. The minimum atomic E-state index is 0.0752. The van der Waals surface area contributed by atoms with Gasteiger partial charge in [0.15, 0.2) is 5.82 Å². The number of nitrogens with one attached hydrogen (secondary N) is 2. The average molecular weight is 270 g/mol. The largest absolute Gasteiger partial charge is 0.356 e. The van der Waals surface area contributed by atoms with Crippen LogP contribution in [0.3, 0.4) is 0 Å². The highest BCUT2D eigenvalue weighted by Crippen LogP contribution is 2.09. The maximum atomic E-state index is 11.7. The fourth-order valence-corrected chi connectivity index (χ4v) is 2.75. The second kappa shape index (κ2) is 6.75. The molecular formula is C11H18N4O2S. The van der Waals surface area contributed by atoms with Crippen LogP contribution in [0.2, 0.25) is 0 Å². The molecule has 2 rings (SSSR count). The SMILES string of the molecule is Cc1noc(CCNC(=O)CC2CSCCN2)n1. The van der Waals surface area contributed by atoms with Crippen molar-refractivity contribution in [3.63, 3.8) is 0 Å². The number of rotatable bonds is 5. The number of aromatic nitrogens is 2. The molecule has 6 nitrogen and oxygen atoms in total. The minimum absolute atomic E-state index is 0.0752. The van der Waals surface area contributed by atoms with Crippen LogP contribution in [0.5, 0.6) is 0 Å². The maximum Gasteiger partial charge on any atom is 0.228 e. The third kappa shape index (κ3) is 4.30. The van der Waals surface area contributed by atoms with Gasteiger partial charge in [0.2, 0.25) is 11.8 Å². The van der Waals surface area contributed by atoms with Crippen LogP contribution in [-0.2, 0) is 11.2 Å². The Labute approximate surface area is 110 Å². The van der Waals surface area contributed by atoms with E-state index in [0.717, 1.165) is 18.1 Å². The van der Waals surface area contributed by atoms with Gasteiger partial charge in [-0.3, -0.25) is 4.79 Å². The average Bonchev–Trinajstić information content (AvgIpc) is 2.76. The Morgan fingerprint density at radius 1 is 1.67 bits per heavy atom. The van der Waals surface area contributed by atoms with Gasteiger partial charge in [-0.1, -0.05) is 5.16 Å². The van der Waals surface area contributed by atoms with E-state index in [1.54, 1.807) is 6.92 Å². The molecule has 0 radical (unpaired) electrons. The molecule has 7 heteroatoms.